The molecule has 0 fully saturated rings. The van der Waals surface area contributed by atoms with Crippen molar-refractivity contribution in [2.24, 2.45) is 5.14 Å². The van der Waals surface area contributed by atoms with E-state index in [0.29, 0.717) is 5.39 Å². The second-order valence-electron chi connectivity index (χ2n) is 2.90. The standard InChI is InChI=1S/C9H8N2O3S.BrH/c10-15(11)8-7(12)5-3-1-2-4-6(5)14-9(8)13;/h1-4,12H,(H3,10,11);1H. The van der Waals surface area contributed by atoms with Gasteiger partial charge >= 0.3 is 5.63 Å². The Kier molecular flexibility index (Phi) is 3.84. The first-order chi connectivity index (χ1) is 7.11. The molecule has 0 aliphatic rings. The number of hydrogen-bond donors (Lipinski definition) is 3. The number of nitrogens with one attached hydrogen (secondary N) is 1. The molecule has 1 aromatic heterocycles. The topological polar surface area (TPSA) is 100 Å². The number of fused-ring (bicyclic) bond motifs is 1. The summed E-state index contributed by atoms with van der Waals surface area (Å²) < 4.78 is 12.2. The quantitative estimate of drug-likeness (QED) is 0.698. The van der Waals surface area contributed by atoms with Gasteiger partial charge in [-0.1, -0.05) is 12.1 Å². The van der Waals surface area contributed by atoms with E-state index in [-0.39, 0.29) is 33.2 Å². The Morgan fingerprint density at radius 2 is 2.00 bits per heavy atom. The van der Waals surface area contributed by atoms with E-state index in [1.807, 2.05) is 0 Å². The lowest BCUT2D eigenvalue weighted by molar-refractivity contribution is 0.447. The summed E-state index contributed by atoms with van der Waals surface area (Å²) in [6, 6.07) is 6.56. The van der Waals surface area contributed by atoms with Crippen molar-refractivity contribution in [3.63, 3.8) is 0 Å². The number of nitrogens with two attached hydrogens (primary N) is 1. The van der Waals surface area contributed by atoms with Crippen molar-refractivity contribution >= 4 is 38.8 Å². The van der Waals surface area contributed by atoms with E-state index in [4.69, 9.17) is 14.3 Å². The van der Waals surface area contributed by atoms with Gasteiger partial charge in [0.05, 0.1) is 5.39 Å². The van der Waals surface area contributed by atoms with Gasteiger partial charge in [-0.3, -0.25) is 9.92 Å². The molecule has 1 atom stereocenters. The first kappa shape index (κ1) is 12.9. The van der Waals surface area contributed by atoms with Crippen LogP contribution in [0.4, 0.5) is 0 Å². The van der Waals surface area contributed by atoms with Crippen molar-refractivity contribution in [3.05, 3.63) is 34.7 Å². The Balaban J connectivity index is 0.00000128. The molecule has 16 heavy (non-hydrogen) atoms. The van der Waals surface area contributed by atoms with Crippen LogP contribution in [0.3, 0.4) is 0 Å². The molecule has 0 amide bonds. The summed E-state index contributed by atoms with van der Waals surface area (Å²) in [7, 11) is -1.56. The van der Waals surface area contributed by atoms with Crippen molar-refractivity contribution in [2.45, 2.75) is 4.90 Å². The monoisotopic (exact) mass is 304 g/mol. The molecule has 0 aliphatic carbocycles. The van der Waals surface area contributed by atoms with Gasteiger partial charge in [-0.2, -0.15) is 0 Å². The van der Waals surface area contributed by atoms with Crippen LogP contribution in [0.5, 0.6) is 5.75 Å². The van der Waals surface area contributed by atoms with Crippen LogP contribution in [0.2, 0.25) is 0 Å². The summed E-state index contributed by atoms with van der Waals surface area (Å²) in [4.78, 5) is 11.2. The SMILES string of the molecule is Br.N=S(N)c1c(O)c2ccccc2oc1=O. The highest BCUT2D eigenvalue weighted by molar-refractivity contribution is 8.93. The minimum absolute atomic E-state index is 0. The summed E-state index contributed by atoms with van der Waals surface area (Å²) in [5, 5.41) is 15.4. The lowest BCUT2D eigenvalue weighted by Gasteiger charge is -2.04. The molecule has 0 spiro atoms. The van der Waals surface area contributed by atoms with Crippen LogP contribution in [-0.4, -0.2) is 5.11 Å². The maximum absolute atomic E-state index is 11.4. The second kappa shape index (κ2) is 4.77. The lowest BCUT2D eigenvalue weighted by Crippen LogP contribution is -2.13. The van der Waals surface area contributed by atoms with Crippen LogP contribution in [0, 0.1) is 4.78 Å². The summed E-state index contributed by atoms with van der Waals surface area (Å²) in [5.74, 6) is -0.261. The third-order valence-electron chi connectivity index (χ3n) is 1.97. The zero-order chi connectivity index (χ0) is 11.0. The predicted molar refractivity (Wildman–Crippen MR) is 67.0 cm³/mol. The van der Waals surface area contributed by atoms with Crippen molar-refractivity contribution in [1.29, 1.82) is 4.78 Å². The molecule has 86 valence electrons. The number of benzene rings is 1. The molecule has 1 heterocycles. The molecule has 2 aromatic rings. The van der Waals surface area contributed by atoms with Crippen LogP contribution >= 0.6 is 17.0 Å². The van der Waals surface area contributed by atoms with E-state index >= 15 is 0 Å². The van der Waals surface area contributed by atoms with Gasteiger partial charge in [0.1, 0.15) is 11.3 Å². The van der Waals surface area contributed by atoms with Crippen molar-refractivity contribution in [1.82, 2.24) is 0 Å². The number of rotatable bonds is 1. The first-order valence-corrected chi connectivity index (χ1v) is 5.35. The lowest BCUT2D eigenvalue weighted by atomic mass is 10.2. The van der Waals surface area contributed by atoms with Gasteiger partial charge in [0.15, 0.2) is 4.90 Å². The van der Waals surface area contributed by atoms with E-state index in [1.165, 1.54) is 0 Å². The van der Waals surface area contributed by atoms with Crippen LogP contribution in [-0.2, 0) is 10.9 Å². The first-order valence-electron chi connectivity index (χ1n) is 4.06. The average Bonchev–Trinajstić information content (AvgIpc) is 2.17. The van der Waals surface area contributed by atoms with Gasteiger partial charge in [0.25, 0.3) is 0 Å². The summed E-state index contributed by atoms with van der Waals surface area (Å²) in [6.07, 6.45) is 0. The maximum atomic E-state index is 11.4. The highest BCUT2D eigenvalue weighted by atomic mass is 79.9. The molecule has 1 aromatic carbocycles. The summed E-state index contributed by atoms with van der Waals surface area (Å²) in [6.45, 7) is 0. The van der Waals surface area contributed by atoms with E-state index in [2.05, 4.69) is 0 Å². The van der Waals surface area contributed by atoms with E-state index < -0.39 is 16.5 Å². The molecule has 0 radical (unpaired) electrons. The Hall–Kier alpha value is -1.18. The van der Waals surface area contributed by atoms with E-state index in [1.54, 1.807) is 24.3 Å². The van der Waals surface area contributed by atoms with E-state index in [0.717, 1.165) is 0 Å². The molecule has 5 nitrogen and oxygen atoms in total. The Morgan fingerprint density at radius 3 is 2.62 bits per heavy atom. The van der Waals surface area contributed by atoms with E-state index in [9.17, 15) is 9.90 Å². The molecule has 0 bridgehead atoms. The molecule has 0 saturated carbocycles. The zero-order valence-corrected chi connectivity index (χ0v) is 10.5. The van der Waals surface area contributed by atoms with Gasteiger partial charge in [-0.25, -0.2) is 4.79 Å². The minimum Gasteiger partial charge on any atom is -0.506 e. The molecular formula is C9H9BrN2O3S. The average molecular weight is 305 g/mol. The Morgan fingerprint density at radius 1 is 1.38 bits per heavy atom. The van der Waals surface area contributed by atoms with Gasteiger partial charge in [0, 0.05) is 10.9 Å². The van der Waals surface area contributed by atoms with Crippen LogP contribution < -0.4 is 10.8 Å². The molecule has 2 rings (SSSR count). The maximum Gasteiger partial charge on any atom is 0.356 e. The smallest absolute Gasteiger partial charge is 0.356 e. The minimum atomic E-state index is -1.56. The van der Waals surface area contributed by atoms with Crippen molar-refractivity contribution in [2.75, 3.05) is 0 Å². The fourth-order valence-electron chi connectivity index (χ4n) is 1.31. The second-order valence-corrected chi connectivity index (χ2v) is 3.98. The molecule has 0 aliphatic heterocycles. The summed E-state index contributed by atoms with van der Waals surface area (Å²) >= 11 is 0. The van der Waals surface area contributed by atoms with Crippen molar-refractivity contribution in [3.8, 4) is 5.75 Å². The molecule has 4 N–H and O–H groups in total. The normalized spacial score (nSPS) is 12.1. The molecular weight excluding hydrogens is 296 g/mol. The molecule has 1 unspecified atom stereocenters. The third kappa shape index (κ3) is 2.01. The summed E-state index contributed by atoms with van der Waals surface area (Å²) in [5.41, 5.74) is -0.471. The molecule has 7 heteroatoms. The fourth-order valence-corrected chi connectivity index (χ4v) is 1.85. The van der Waals surface area contributed by atoms with Crippen molar-refractivity contribution < 1.29 is 9.52 Å². The van der Waals surface area contributed by atoms with Gasteiger partial charge < -0.3 is 9.52 Å². The third-order valence-corrected chi connectivity index (χ3v) is 2.77. The highest BCUT2D eigenvalue weighted by Crippen LogP contribution is 2.26. The number of aromatic hydroxyl groups is 1. The number of hydrogen-bond acceptors (Lipinski definition) is 4. The van der Waals surface area contributed by atoms with Crippen LogP contribution in [0.25, 0.3) is 11.0 Å². The van der Waals surface area contributed by atoms with Gasteiger partial charge in [-0.05, 0) is 12.1 Å². The Labute approximate surface area is 104 Å². The van der Waals surface area contributed by atoms with Crippen LogP contribution in [0.1, 0.15) is 0 Å². The van der Waals surface area contributed by atoms with Crippen LogP contribution in [0.15, 0.2) is 38.4 Å². The predicted octanol–water partition coefficient (Wildman–Crippen LogP) is 1.69. The highest BCUT2D eigenvalue weighted by Gasteiger charge is 2.14. The largest absolute Gasteiger partial charge is 0.506 e. The number of para-hydroxylation sites is 1. The zero-order valence-electron chi connectivity index (χ0n) is 7.97. The molecule has 0 saturated heterocycles. The Bertz CT molecular complexity index is 611. The number of halogens is 1. The fraction of sp³-hybridized carbons (Fsp3) is 0. The van der Waals surface area contributed by atoms with Gasteiger partial charge in [-0.15, -0.1) is 17.0 Å². The van der Waals surface area contributed by atoms with Gasteiger partial charge in [0.2, 0.25) is 0 Å².